The van der Waals surface area contributed by atoms with Gasteiger partial charge in [0.2, 0.25) is 15.9 Å². The third-order valence-corrected chi connectivity index (χ3v) is 8.29. The number of aromatic nitrogens is 1. The van der Waals surface area contributed by atoms with Gasteiger partial charge in [-0.15, -0.1) is 0 Å². The quantitative estimate of drug-likeness (QED) is 0.759. The summed E-state index contributed by atoms with van der Waals surface area (Å²) in [6.45, 7) is 4.44. The van der Waals surface area contributed by atoms with Crippen LogP contribution in [0.2, 0.25) is 0 Å². The number of nitrogens with zero attached hydrogens (tertiary/aromatic N) is 3. The highest BCUT2D eigenvalue weighted by Crippen LogP contribution is 2.26. The molecule has 0 spiro atoms. The largest absolute Gasteiger partial charge is 0.355 e. The number of piperidine rings is 2. The van der Waals surface area contributed by atoms with Gasteiger partial charge in [0.25, 0.3) is 0 Å². The monoisotopic (exact) mass is 432 g/mol. The van der Waals surface area contributed by atoms with Crippen molar-refractivity contribution >= 4 is 26.8 Å². The van der Waals surface area contributed by atoms with Gasteiger partial charge in [0.1, 0.15) is 0 Å². The molecule has 0 unspecified atom stereocenters. The summed E-state index contributed by atoms with van der Waals surface area (Å²) in [5, 5.41) is 3.94. The predicted octanol–water partition coefficient (Wildman–Crippen LogP) is 2.18. The third kappa shape index (κ3) is 4.55. The Balaban J connectivity index is 1.37. The van der Waals surface area contributed by atoms with Crippen molar-refractivity contribution in [1.29, 1.82) is 0 Å². The first-order valence-electron chi connectivity index (χ1n) is 11.0. The molecule has 1 atom stereocenters. The van der Waals surface area contributed by atoms with Crippen LogP contribution in [0.25, 0.3) is 10.9 Å². The summed E-state index contributed by atoms with van der Waals surface area (Å²) >= 11 is 0. The third-order valence-electron chi connectivity index (χ3n) is 6.43. The minimum atomic E-state index is -3.61. The van der Waals surface area contributed by atoms with E-state index in [9.17, 15) is 13.2 Å². The fourth-order valence-electron chi connectivity index (χ4n) is 4.61. The number of amides is 1. The van der Waals surface area contributed by atoms with Crippen LogP contribution in [0.4, 0.5) is 0 Å². The van der Waals surface area contributed by atoms with Gasteiger partial charge in [0, 0.05) is 50.3 Å². The Morgan fingerprint density at radius 2 is 1.90 bits per heavy atom. The van der Waals surface area contributed by atoms with Crippen molar-refractivity contribution in [1.82, 2.24) is 19.1 Å². The van der Waals surface area contributed by atoms with Crippen LogP contribution in [-0.4, -0.2) is 67.4 Å². The van der Waals surface area contributed by atoms with Crippen molar-refractivity contribution in [2.75, 3.05) is 39.3 Å². The van der Waals surface area contributed by atoms with Crippen LogP contribution < -0.4 is 5.32 Å². The number of likely N-dealkylation sites (tertiary alicyclic amines) is 1. The molecule has 164 valence electrons. The Morgan fingerprint density at radius 1 is 1.10 bits per heavy atom. The Kier molecular flexibility index (Phi) is 6.46. The number of sulfonamides is 1. The van der Waals surface area contributed by atoms with Gasteiger partial charge in [-0.1, -0.05) is 6.42 Å². The SMILES string of the molecule is Cn1ccc2cc(S(=O)(=O)N3CCC[C@H](C(=O)NCCN4CCCCC4)C3)ccc21. The lowest BCUT2D eigenvalue weighted by Crippen LogP contribution is -2.46. The van der Waals surface area contributed by atoms with Crippen molar-refractivity contribution in [3.8, 4) is 0 Å². The fraction of sp³-hybridized carbons (Fsp3) is 0.591. The van der Waals surface area contributed by atoms with Crippen molar-refractivity contribution < 1.29 is 13.2 Å². The van der Waals surface area contributed by atoms with Crippen LogP contribution >= 0.6 is 0 Å². The van der Waals surface area contributed by atoms with E-state index in [1.807, 2.05) is 29.9 Å². The zero-order valence-corrected chi connectivity index (χ0v) is 18.5. The van der Waals surface area contributed by atoms with Gasteiger partial charge in [-0.2, -0.15) is 4.31 Å². The second-order valence-corrected chi connectivity index (χ2v) is 10.5. The Labute approximate surface area is 179 Å². The molecule has 2 aliphatic heterocycles. The molecule has 30 heavy (non-hydrogen) atoms. The second-order valence-electron chi connectivity index (χ2n) is 8.54. The number of carbonyl (C=O) groups is 1. The number of rotatable bonds is 6. The van der Waals surface area contributed by atoms with E-state index in [4.69, 9.17) is 0 Å². The molecule has 2 saturated heterocycles. The molecule has 0 bridgehead atoms. The molecule has 1 aromatic heterocycles. The number of benzene rings is 1. The number of hydrogen-bond donors (Lipinski definition) is 1. The highest BCUT2D eigenvalue weighted by molar-refractivity contribution is 7.89. The first kappa shape index (κ1) is 21.3. The zero-order valence-electron chi connectivity index (χ0n) is 17.7. The molecular weight excluding hydrogens is 400 g/mol. The summed E-state index contributed by atoms with van der Waals surface area (Å²) in [6, 6.07) is 7.16. The number of nitrogens with one attached hydrogen (secondary N) is 1. The summed E-state index contributed by atoms with van der Waals surface area (Å²) < 4.78 is 29.9. The molecule has 2 fully saturated rings. The molecule has 0 aliphatic carbocycles. The molecule has 2 aliphatic rings. The molecule has 8 heteroatoms. The maximum Gasteiger partial charge on any atom is 0.243 e. The normalized spacial score (nSPS) is 21.7. The van der Waals surface area contributed by atoms with Gasteiger partial charge in [-0.25, -0.2) is 8.42 Å². The topological polar surface area (TPSA) is 74.6 Å². The molecule has 1 N–H and O–H groups in total. The van der Waals surface area contributed by atoms with Crippen molar-refractivity contribution in [3.63, 3.8) is 0 Å². The molecule has 4 rings (SSSR count). The van der Waals surface area contributed by atoms with Gasteiger partial charge in [-0.05, 0) is 63.0 Å². The zero-order chi connectivity index (χ0) is 21.1. The maximum absolute atomic E-state index is 13.2. The second kappa shape index (κ2) is 9.08. The Bertz CT molecular complexity index is 995. The summed E-state index contributed by atoms with van der Waals surface area (Å²) in [5.74, 6) is -0.305. The van der Waals surface area contributed by atoms with Gasteiger partial charge in [0.05, 0.1) is 10.8 Å². The predicted molar refractivity (Wildman–Crippen MR) is 118 cm³/mol. The van der Waals surface area contributed by atoms with Crippen molar-refractivity contribution in [3.05, 3.63) is 30.5 Å². The first-order chi connectivity index (χ1) is 14.4. The van der Waals surface area contributed by atoms with Crippen LogP contribution in [0.3, 0.4) is 0 Å². The van der Waals surface area contributed by atoms with E-state index in [0.29, 0.717) is 24.4 Å². The van der Waals surface area contributed by atoms with E-state index in [1.165, 1.54) is 23.6 Å². The van der Waals surface area contributed by atoms with Gasteiger partial charge >= 0.3 is 0 Å². The molecule has 2 aromatic rings. The lowest BCUT2D eigenvalue weighted by Gasteiger charge is -2.31. The average molecular weight is 433 g/mol. The fourth-order valence-corrected chi connectivity index (χ4v) is 6.17. The first-order valence-corrected chi connectivity index (χ1v) is 12.4. The van der Waals surface area contributed by atoms with Gasteiger partial charge in [0.15, 0.2) is 0 Å². The lowest BCUT2D eigenvalue weighted by atomic mass is 9.99. The molecule has 3 heterocycles. The minimum Gasteiger partial charge on any atom is -0.355 e. The number of fused-ring (bicyclic) bond motifs is 1. The van der Waals surface area contributed by atoms with Crippen LogP contribution in [-0.2, 0) is 21.9 Å². The lowest BCUT2D eigenvalue weighted by molar-refractivity contribution is -0.126. The standard InChI is InChI=1S/C22H32N4O3S/c1-24-14-9-18-16-20(7-8-21(18)24)30(28,29)26-13-5-6-19(17-26)22(27)23-10-15-25-11-3-2-4-12-25/h7-9,14,16,19H,2-6,10-13,15,17H2,1H3,(H,23,27)/t19-/m0/s1. The minimum absolute atomic E-state index is 0.0228. The van der Waals surface area contributed by atoms with Crippen LogP contribution in [0, 0.1) is 5.92 Å². The van der Waals surface area contributed by atoms with Crippen molar-refractivity contribution in [2.45, 2.75) is 37.0 Å². The van der Waals surface area contributed by atoms with E-state index in [0.717, 1.165) is 37.0 Å². The highest BCUT2D eigenvalue weighted by Gasteiger charge is 2.33. The number of aryl methyl sites for hydroxylation is 1. The van der Waals surface area contributed by atoms with E-state index >= 15 is 0 Å². The molecule has 1 amide bonds. The summed E-state index contributed by atoms with van der Waals surface area (Å²) in [4.78, 5) is 15.4. The van der Waals surface area contributed by atoms with E-state index in [2.05, 4.69) is 10.2 Å². The molecule has 7 nitrogen and oxygen atoms in total. The van der Waals surface area contributed by atoms with Crippen LogP contribution in [0.1, 0.15) is 32.1 Å². The molecule has 0 radical (unpaired) electrons. The highest BCUT2D eigenvalue weighted by atomic mass is 32.2. The van der Waals surface area contributed by atoms with Crippen LogP contribution in [0.5, 0.6) is 0 Å². The van der Waals surface area contributed by atoms with E-state index < -0.39 is 10.0 Å². The molecule has 1 aromatic carbocycles. The Hall–Kier alpha value is -1.90. The average Bonchev–Trinajstić information content (AvgIpc) is 3.15. The molecular formula is C22H32N4O3S. The smallest absolute Gasteiger partial charge is 0.243 e. The van der Waals surface area contributed by atoms with E-state index in [-0.39, 0.29) is 18.4 Å². The summed E-state index contributed by atoms with van der Waals surface area (Å²) in [6.07, 6.45) is 7.13. The summed E-state index contributed by atoms with van der Waals surface area (Å²) in [7, 11) is -1.67. The van der Waals surface area contributed by atoms with Crippen LogP contribution in [0.15, 0.2) is 35.4 Å². The molecule has 0 saturated carbocycles. The Morgan fingerprint density at radius 3 is 2.70 bits per heavy atom. The van der Waals surface area contributed by atoms with Crippen molar-refractivity contribution in [2.24, 2.45) is 13.0 Å². The number of hydrogen-bond acceptors (Lipinski definition) is 4. The van der Waals surface area contributed by atoms with E-state index in [1.54, 1.807) is 12.1 Å². The number of carbonyl (C=O) groups excluding carboxylic acids is 1. The summed E-state index contributed by atoms with van der Waals surface area (Å²) in [5.41, 5.74) is 0.999. The van der Waals surface area contributed by atoms with Gasteiger partial charge < -0.3 is 14.8 Å². The van der Waals surface area contributed by atoms with Gasteiger partial charge in [-0.3, -0.25) is 4.79 Å². The maximum atomic E-state index is 13.2.